The fourth-order valence-corrected chi connectivity index (χ4v) is 2.88. The molecule has 1 rings (SSSR count). The van der Waals surface area contributed by atoms with Gasteiger partial charge in [0.2, 0.25) is 5.91 Å². The lowest BCUT2D eigenvalue weighted by atomic mass is 10.3. The third-order valence-electron chi connectivity index (χ3n) is 3.17. The number of aromatic nitrogens is 1. The first-order valence-corrected chi connectivity index (χ1v) is 7.73. The van der Waals surface area contributed by atoms with Crippen molar-refractivity contribution >= 4 is 34.1 Å². The van der Waals surface area contributed by atoms with Gasteiger partial charge in [0, 0.05) is 40.2 Å². The molecule has 3 N–H and O–H groups in total. The Morgan fingerprint density at radius 3 is 2.48 bits per heavy atom. The van der Waals surface area contributed by atoms with Gasteiger partial charge in [0.05, 0.1) is 0 Å². The standard InChI is InChI=1S/C13H23N5O2S/c1-5-18(6-2)13-16-11(14)10(21-13)12(20)17(4)8-7-9(19)15-3/h5-8,14H2,1-4H3,(H,15,19). The van der Waals surface area contributed by atoms with Crippen LogP contribution in [0.5, 0.6) is 0 Å². The second-order valence-electron chi connectivity index (χ2n) is 4.53. The Labute approximate surface area is 129 Å². The van der Waals surface area contributed by atoms with Crippen LogP contribution in [0.1, 0.15) is 29.9 Å². The minimum Gasteiger partial charge on any atom is -0.382 e. The summed E-state index contributed by atoms with van der Waals surface area (Å²) in [5, 5.41) is 3.28. The molecule has 8 heteroatoms. The van der Waals surface area contributed by atoms with Crippen molar-refractivity contribution in [3.63, 3.8) is 0 Å². The highest BCUT2D eigenvalue weighted by molar-refractivity contribution is 7.18. The van der Waals surface area contributed by atoms with Gasteiger partial charge < -0.3 is 20.9 Å². The maximum absolute atomic E-state index is 12.3. The number of nitrogens with two attached hydrogens (primary N) is 1. The van der Waals surface area contributed by atoms with Crippen LogP contribution in [0.25, 0.3) is 0 Å². The zero-order chi connectivity index (χ0) is 16.0. The van der Waals surface area contributed by atoms with Crippen LogP contribution < -0.4 is 16.0 Å². The fourth-order valence-electron chi connectivity index (χ4n) is 1.77. The molecule has 1 heterocycles. The van der Waals surface area contributed by atoms with Crippen LogP contribution in [0, 0.1) is 0 Å². The summed E-state index contributed by atoms with van der Waals surface area (Å²) in [5.41, 5.74) is 5.86. The summed E-state index contributed by atoms with van der Waals surface area (Å²) in [4.78, 5) is 31.8. The molecule has 0 aliphatic rings. The molecule has 0 unspecified atom stereocenters. The van der Waals surface area contributed by atoms with Crippen molar-refractivity contribution in [2.45, 2.75) is 20.3 Å². The molecule has 0 spiro atoms. The van der Waals surface area contributed by atoms with Gasteiger partial charge in [0.25, 0.3) is 5.91 Å². The number of thiazole rings is 1. The van der Waals surface area contributed by atoms with Crippen LogP contribution in [0.3, 0.4) is 0 Å². The lowest BCUT2D eigenvalue weighted by Gasteiger charge is -2.17. The van der Waals surface area contributed by atoms with E-state index in [1.165, 1.54) is 16.2 Å². The van der Waals surface area contributed by atoms with E-state index in [0.717, 1.165) is 18.2 Å². The van der Waals surface area contributed by atoms with E-state index in [4.69, 9.17) is 5.73 Å². The molecule has 0 saturated heterocycles. The van der Waals surface area contributed by atoms with E-state index < -0.39 is 0 Å². The van der Waals surface area contributed by atoms with Crippen molar-refractivity contribution in [1.29, 1.82) is 0 Å². The number of carbonyl (C=O) groups is 2. The van der Waals surface area contributed by atoms with Crippen molar-refractivity contribution in [1.82, 2.24) is 15.2 Å². The molecule has 0 atom stereocenters. The molecule has 0 aliphatic carbocycles. The number of rotatable bonds is 7. The minimum absolute atomic E-state index is 0.101. The Morgan fingerprint density at radius 1 is 1.33 bits per heavy atom. The number of amides is 2. The van der Waals surface area contributed by atoms with Crippen molar-refractivity contribution in [2.75, 3.05) is 44.4 Å². The van der Waals surface area contributed by atoms with Crippen molar-refractivity contribution in [3.05, 3.63) is 4.88 Å². The Hall–Kier alpha value is -1.83. The van der Waals surface area contributed by atoms with E-state index in [0.29, 0.717) is 11.4 Å². The van der Waals surface area contributed by atoms with Crippen molar-refractivity contribution in [2.24, 2.45) is 0 Å². The number of nitrogens with one attached hydrogen (secondary N) is 1. The van der Waals surface area contributed by atoms with Gasteiger partial charge in [0.1, 0.15) is 10.7 Å². The number of nitrogen functional groups attached to an aromatic ring is 1. The van der Waals surface area contributed by atoms with E-state index in [1.54, 1.807) is 14.1 Å². The molecule has 118 valence electrons. The summed E-state index contributed by atoms with van der Waals surface area (Å²) < 4.78 is 0. The van der Waals surface area contributed by atoms with Gasteiger partial charge in [-0.25, -0.2) is 4.98 Å². The lowest BCUT2D eigenvalue weighted by molar-refractivity contribution is -0.120. The molecule has 21 heavy (non-hydrogen) atoms. The SMILES string of the molecule is CCN(CC)c1nc(N)c(C(=O)N(C)CCC(=O)NC)s1. The second-order valence-corrected chi connectivity index (χ2v) is 5.51. The zero-order valence-electron chi connectivity index (χ0n) is 13.0. The van der Waals surface area contributed by atoms with Crippen LogP contribution in [-0.2, 0) is 4.79 Å². The molecular weight excluding hydrogens is 290 g/mol. The molecule has 0 aliphatic heterocycles. The summed E-state index contributed by atoms with van der Waals surface area (Å²) in [6, 6.07) is 0. The molecule has 7 nitrogen and oxygen atoms in total. The van der Waals surface area contributed by atoms with Crippen LogP contribution >= 0.6 is 11.3 Å². The molecule has 0 radical (unpaired) electrons. The number of hydrogen-bond acceptors (Lipinski definition) is 6. The monoisotopic (exact) mass is 313 g/mol. The molecule has 2 amide bonds. The van der Waals surface area contributed by atoms with E-state index in [9.17, 15) is 9.59 Å². The first kappa shape index (κ1) is 17.2. The predicted octanol–water partition coefficient (Wildman–Crippen LogP) is 0.780. The Bertz CT molecular complexity index is 499. The fraction of sp³-hybridized carbons (Fsp3) is 0.615. The topological polar surface area (TPSA) is 91.6 Å². The normalized spacial score (nSPS) is 10.3. The summed E-state index contributed by atoms with van der Waals surface area (Å²) in [6.07, 6.45) is 0.264. The van der Waals surface area contributed by atoms with Crippen molar-refractivity contribution < 1.29 is 9.59 Å². The average molecular weight is 313 g/mol. The Kier molecular flexibility index (Phi) is 6.41. The summed E-state index contributed by atoms with van der Waals surface area (Å²) in [5.74, 6) is -0.0539. The van der Waals surface area contributed by atoms with Crippen LogP contribution in [-0.4, -0.2) is 55.4 Å². The molecule has 1 aromatic rings. The quantitative estimate of drug-likeness (QED) is 0.776. The first-order chi connectivity index (χ1) is 9.94. The highest BCUT2D eigenvalue weighted by atomic mass is 32.1. The van der Waals surface area contributed by atoms with Gasteiger partial charge in [0.15, 0.2) is 5.13 Å². The second kappa shape index (κ2) is 7.82. The van der Waals surface area contributed by atoms with Crippen LogP contribution in [0.15, 0.2) is 0 Å². The largest absolute Gasteiger partial charge is 0.382 e. The van der Waals surface area contributed by atoms with Crippen LogP contribution in [0.4, 0.5) is 10.9 Å². The van der Waals surface area contributed by atoms with Gasteiger partial charge in [-0.2, -0.15) is 0 Å². The number of anilines is 2. The maximum atomic E-state index is 12.3. The highest BCUT2D eigenvalue weighted by Crippen LogP contribution is 2.28. The molecule has 1 aromatic heterocycles. The maximum Gasteiger partial charge on any atom is 0.267 e. The lowest BCUT2D eigenvalue weighted by Crippen LogP contribution is -2.31. The molecule has 0 fully saturated rings. The smallest absolute Gasteiger partial charge is 0.267 e. The van der Waals surface area contributed by atoms with E-state index in [1.807, 2.05) is 18.7 Å². The van der Waals surface area contributed by atoms with Gasteiger partial charge in [-0.1, -0.05) is 11.3 Å². The van der Waals surface area contributed by atoms with Gasteiger partial charge >= 0.3 is 0 Å². The van der Waals surface area contributed by atoms with E-state index >= 15 is 0 Å². The summed E-state index contributed by atoms with van der Waals surface area (Å²) in [7, 11) is 3.23. The first-order valence-electron chi connectivity index (χ1n) is 6.91. The third-order valence-corrected chi connectivity index (χ3v) is 4.29. The van der Waals surface area contributed by atoms with E-state index in [2.05, 4.69) is 10.3 Å². The van der Waals surface area contributed by atoms with Crippen LogP contribution in [0.2, 0.25) is 0 Å². The molecule has 0 saturated carbocycles. The van der Waals surface area contributed by atoms with Crippen molar-refractivity contribution in [3.8, 4) is 0 Å². The highest BCUT2D eigenvalue weighted by Gasteiger charge is 2.21. The summed E-state index contributed by atoms with van der Waals surface area (Å²) in [6.45, 7) is 6.01. The Balaban J connectivity index is 2.80. The van der Waals surface area contributed by atoms with E-state index in [-0.39, 0.29) is 24.1 Å². The molecule has 0 bridgehead atoms. The molecular formula is C13H23N5O2S. The number of carbonyl (C=O) groups excluding carboxylic acids is 2. The average Bonchev–Trinajstić information content (AvgIpc) is 2.86. The zero-order valence-corrected chi connectivity index (χ0v) is 13.8. The summed E-state index contributed by atoms with van der Waals surface area (Å²) >= 11 is 1.29. The third kappa shape index (κ3) is 4.32. The number of hydrogen-bond donors (Lipinski definition) is 2. The number of nitrogens with zero attached hydrogens (tertiary/aromatic N) is 3. The molecule has 0 aromatic carbocycles. The predicted molar refractivity (Wildman–Crippen MR) is 85.7 cm³/mol. The minimum atomic E-state index is -0.202. The van der Waals surface area contributed by atoms with Gasteiger partial charge in [-0.05, 0) is 13.8 Å². The Morgan fingerprint density at radius 2 is 1.95 bits per heavy atom. The van der Waals surface area contributed by atoms with Gasteiger partial charge in [-0.15, -0.1) is 0 Å². The van der Waals surface area contributed by atoms with Gasteiger partial charge in [-0.3, -0.25) is 9.59 Å².